The number of carbonyl (C=O) groups is 1. The summed E-state index contributed by atoms with van der Waals surface area (Å²) in [6.07, 6.45) is 0. The standard InChI is InChI=1S/C16H16N4O/c1-11-6-5-7-12(2)16(11)17-15(21)10-20-14-9-4-3-8-13(14)18-19-20/h3-9H,10H2,1-2H3,(H,17,21). The average Bonchev–Trinajstić information content (AvgIpc) is 2.87. The van der Waals surface area contributed by atoms with E-state index in [1.807, 2.05) is 56.3 Å². The molecule has 1 aromatic heterocycles. The van der Waals surface area contributed by atoms with Crippen molar-refractivity contribution in [2.75, 3.05) is 5.32 Å². The molecule has 0 aliphatic rings. The largest absolute Gasteiger partial charge is 0.324 e. The first-order chi connectivity index (χ1) is 10.1. The van der Waals surface area contributed by atoms with Crippen molar-refractivity contribution >= 4 is 22.6 Å². The first kappa shape index (κ1) is 13.3. The second-order valence-corrected chi connectivity index (χ2v) is 5.05. The van der Waals surface area contributed by atoms with Crippen molar-refractivity contribution in [2.24, 2.45) is 0 Å². The molecule has 3 rings (SSSR count). The highest BCUT2D eigenvalue weighted by Gasteiger charge is 2.10. The monoisotopic (exact) mass is 280 g/mol. The molecule has 0 bridgehead atoms. The van der Waals surface area contributed by atoms with Crippen LogP contribution in [-0.4, -0.2) is 20.9 Å². The number of benzene rings is 2. The maximum absolute atomic E-state index is 12.2. The number of carbonyl (C=O) groups excluding carboxylic acids is 1. The Morgan fingerprint density at radius 1 is 1.10 bits per heavy atom. The molecule has 1 amide bonds. The van der Waals surface area contributed by atoms with Crippen molar-refractivity contribution in [2.45, 2.75) is 20.4 Å². The number of hydrogen-bond donors (Lipinski definition) is 1. The van der Waals surface area contributed by atoms with Gasteiger partial charge in [-0.1, -0.05) is 35.5 Å². The third-order valence-electron chi connectivity index (χ3n) is 3.46. The minimum Gasteiger partial charge on any atom is -0.324 e. The number of nitrogens with one attached hydrogen (secondary N) is 1. The van der Waals surface area contributed by atoms with Gasteiger partial charge in [-0.2, -0.15) is 0 Å². The van der Waals surface area contributed by atoms with Gasteiger partial charge >= 0.3 is 0 Å². The summed E-state index contributed by atoms with van der Waals surface area (Å²) in [4.78, 5) is 12.2. The van der Waals surface area contributed by atoms with E-state index in [9.17, 15) is 4.79 Å². The van der Waals surface area contributed by atoms with Crippen molar-refractivity contribution in [1.29, 1.82) is 0 Å². The van der Waals surface area contributed by atoms with E-state index in [-0.39, 0.29) is 12.5 Å². The molecule has 0 unspecified atom stereocenters. The number of rotatable bonds is 3. The lowest BCUT2D eigenvalue weighted by atomic mass is 10.1. The molecule has 5 nitrogen and oxygen atoms in total. The zero-order valence-electron chi connectivity index (χ0n) is 12.0. The number of para-hydroxylation sites is 2. The van der Waals surface area contributed by atoms with Crippen molar-refractivity contribution in [3.63, 3.8) is 0 Å². The Bertz CT molecular complexity index is 787. The fourth-order valence-electron chi connectivity index (χ4n) is 2.36. The lowest BCUT2D eigenvalue weighted by molar-refractivity contribution is -0.116. The van der Waals surface area contributed by atoms with Gasteiger partial charge in [-0.15, -0.1) is 5.10 Å². The number of amides is 1. The van der Waals surface area contributed by atoms with Crippen LogP contribution in [0, 0.1) is 13.8 Å². The fraction of sp³-hybridized carbons (Fsp3) is 0.188. The van der Waals surface area contributed by atoms with Crippen molar-refractivity contribution in [3.8, 4) is 0 Å². The van der Waals surface area contributed by atoms with Crippen LogP contribution in [-0.2, 0) is 11.3 Å². The van der Waals surface area contributed by atoms with Gasteiger partial charge in [-0.05, 0) is 37.1 Å². The van der Waals surface area contributed by atoms with E-state index in [2.05, 4.69) is 15.6 Å². The van der Waals surface area contributed by atoms with Gasteiger partial charge in [-0.25, -0.2) is 4.68 Å². The predicted octanol–water partition coefficient (Wildman–Crippen LogP) is 2.69. The molecule has 0 aliphatic carbocycles. The zero-order chi connectivity index (χ0) is 14.8. The van der Waals surface area contributed by atoms with Crippen LogP contribution < -0.4 is 5.32 Å². The van der Waals surface area contributed by atoms with Crippen LogP contribution in [0.5, 0.6) is 0 Å². The lowest BCUT2D eigenvalue weighted by Crippen LogP contribution is -2.20. The molecule has 0 saturated heterocycles. The summed E-state index contributed by atoms with van der Waals surface area (Å²) in [7, 11) is 0. The Balaban J connectivity index is 1.81. The number of aromatic nitrogens is 3. The minimum atomic E-state index is -0.108. The Labute approximate surface area is 122 Å². The van der Waals surface area contributed by atoms with Gasteiger partial charge in [0.2, 0.25) is 5.91 Å². The van der Waals surface area contributed by atoms with E-state index in [1.54, 1.807) is 4.68 Å². The molecular formula is C16H16N4O. The van der Waals surface area contributed by atoms with Gasteiger partial charge in [-0.3, -0.25) is 4.79 Å². The molecular weight excluding hydrogens is 264 g/mol. The molecule has 21 heavy (non-hydrogen) atoms. The van der Waals surface area contributed by atoms with Gasteiger partial charge in [0.1, 0.15) is 12.1 Å². The highest BCUT2D eigenvalue weighted by atomic mass is 16.2. The van der Waals surface area contributed by atoms with Gasteiger partial charge in [0.25, 0.3) is 0 Å². The first-order valence-corrected chi connectivity index (χ1v) is 6.79. The number of anilines is 1. The summed E-state index contributed by atoms with van der Waals surface area (Å²) in [6.45, 7) is 4.11. The minimum absolute atomic E-state index is 0.108. The Kier molecular flexibility index (Phi) is 3.39. The smallest absolute Gasteiger partial charge is 0.246 e. The third kappa shape index (κ3) is 2.63. The Hall–Kier alpha value is -2.69. The molecule has 106 valence electrons. The summed E-state index contributed by atoms with van der Waals surface area (Å²) < 4.78 is 1.61. The maximum Gasteiger partial charge on any atom is 0.246 e. The summed E-state index contributed by atoms with van der Waals surface area (Å²) >= 11 is 0. The van der Waals surface area contributed by atoms with E-state index < -0.39 is 0 Å². The first-order valence-electron chi connectivity index (χ1n) is 6.79. The van der Waals surface area contributed by atoms with Crippen LogP contribution in [0.4, 0.5) is 5.69 Å². The average molecular weight is 280 g/mol. The van der Waals surface area contributed by atoms with E-state index in [4.69, 9.17) is 0 Å². The van der Waals surface area contributed by atoms with E-state index in [0.717, 1.165) is 27.8 Å². The predicted molar refractivity (Wildman–Crippen MR) is 82.1 cm³/mol. The quantitative estimate of drug-likeness (QED) is 0.802. The SMILES string of the molecule is Cc1cccc(C)c1NC(=O)Cn1nnc2ccccc21. The lowest BCUT2D eigenvalue weighted by Gasteiger charge is -2.11. The summed E-state index contributed by atoms with van der Waals surface area (Å²) in [6, 6.07) is 13.5. The second-order valence-electron chi connectivity index (χ2n) is 5.05. The molecule has 2 aromatic carbocycles. The molecule has 3 aromatic rings. The third-order valence-corrected chi connectivity index (χ3v) is 3.46. The molecule has 0 fully saturated rings. The van der Waals surface area contributed by atoms with Gasteiger partial charge in [0, 0.05) is 5.69 Å². The van der Waals surface area contributed by atoms with Crippen molar-refractivity contribution in [1.82, 2.24) is 15.0 Å². The Morgan fingerprint density at radius 2 is 1.81 bits per heavy atom. The zero-order valence-corrected chi connectivity index (χ0v) is 12.0. The van der Waals surface area contributed by atoms with E-state index >= 15 is 0 Å². The van der Waals surface area contributed by atoms with Crippen LogP contribution >= 0.6 is 0 Å². The molecule has 1 heterocycles. The molecule has 1 N–H and O–H groups in total. The molecule has 0 aliphatic heterocycles. The van der Waals surface area contributed by atoms with E-state index in [0.29, 0.717) is 0 Å². The molecule has 0 radical (unpaired) electrons. The van der Waals surface area contributed by atoms with Crippen molar-refractivity contribution in [3.05, 3.63) is 53.6 Å². The number of aryl methyl sites for hydroxylation is 2. The molecule has 0 spiro atoms. The highest BCUT2D eigenvalue weighted by molar-refractivity contribution is 5.92. The van der Waals surface area contributed by atoms with Gasteiger partial charge < -0.3 is 5.32 Å². The maximum atomic E-state index is 12.2. The van der Waals surface area contributed by atoms with Crippen molar-refractivity contribution < 1.29 is 4.79 Å². The van der Waals surface area contributed by atoms with Crippen LogP contribution in [0.3, 0.4) is 0 Å². The van der Waals surface area contributed by atoms with E-state index in [1.165, 1.54) is 0 Å². The number of fused-ring (bicyclic) bond motifs is 1. The summed E-state index contributed by atoms with van der Waals surface area (Å²) in [5, 5.41) is 11.0. The van der Waals surface area contributed by atoms with Gasteiger partial charge in [0.15, 0.2) is 0 Å². The number of hydrogen-bond acceptors (Lipinski definition) is 3. The van der Waals surface area contributed by atoms with Gasteiger partial charge in [0.05, 0.1) is 5.52 Å². The topological polar surface area (TPSA) is 59.8 Å². The molecule has 0 saturated carbocycles. The molecule has 0 atom stereocenters. The molecule has 5 heteroatoms. The van der Waals surface area contributed by atoms with Crippen LogP contribution in [0.2, 0.25) is 0 Å². The van der Waals surface area contributed by atoms with Crippen LogP contribution in [0.1, 0.15) is 11.1 Å². The summed E-state index contributed by atoms with van der Waals surface area (Å²) in [5.41, 5.74) is 4.61. The highest BCUT2D eigenvalue weighted by Crippen LogP contribution is 2.19. The Morgan fingerprint density at radius 3 is 2.57 bits per heavy atom. The van der Waals surface area contributed by atoms with Crippen LogP contribution in [0.25, 0.3) is 11.0 Å². The fourth-order valence-corrected chi connectivity index (χ4v) is 2.36. The normalized spacial score (nSPS) is 10.8. The second kappa shape index (κ2) is 5.36. The summed E-state index contributed by atoms with van der Waals surface area (Å²) in [5.74, 6) is -0.108. The van der Waals surface area contributed by atoms with Crippen LogP contribution in [0.15, 0.2) is 42.5 Å². The number of nitrogens with zero attached hydrogens (tertiary/aromatic N) is 3.